The summed E-state index contributed by atoms with van der Waals surface area (Å²) in [5, 5.41) is 72.0. The number of ether oxygens (including phenoxy) is 3. The molecule has 12 heteroatoms. The van der Waals surface area contributed by atoms with Gasteiger partial charge in [0.1, 0.15) is 42.2 Å². The largest absolute Gasteiger partial charge is 0.457 e. The van der Waals surface area contributed by atoms with Crippen LogP contribution in [-0.2, 0) is 14.2 Å². The molecule has 0 spiro atoms. The van der Waals surface area contributed by atoms with Crippen LogP contribution in [0.2, 0.25) is 0 Å². The number of rotatable bonds is 4. The fourth-order valence-corrected chi connectivity index (χ4v) is 3.59. The fourth-order valence-electron chi connectivity index (χ4n) is 3.59. The maximum Gasteiger partial charge on any atom is 0.285 e. The Bertz CT molecular complexity index is 548. The lowest BCUT2D eigenvalue weighted by Crippen LogP contribution is -2.64. The first kappa shape index (κ1) is 19.7. The van der Waals surface area contributed by atoms with Crippen LogP contribution in [0, 0.1) is 0 Å². The quantitative estimate of drug-likeness (QED) is 0.232. The molecule has 0 aromatic heterocycles. The first-order valence-electron chi connectivity index (χ1n) is 8.14. The summed E-state index contributed by atoms with van der Waals surface area (Å²) in [6, 6.07) is -2.39. The van der Waals surface area contributed by atoms with Gasteiger partial charge in [0.05, 0.1) is 19.3 Å². The van der Waals surface area contributed by atoms with Gasteiger partial charge in [-0.1, -0.05) is 0 Å². The zero-order valence-electron chi connectivity index (χ0n) is 13.9. The Kier molecular flexibility index (Phi) is 5.40. The van der Waals surface area contributed by atoms with Crippen molar-refractivity contribution in [2.24, 2.45) is 4.99 Å². The normalized spacial score (nSPS) is 50.9. The van der Waals surface area contributed by atoms with Crippen molar-refractivity contribution in [2.75, 3.05) is 20.3 Å². The van der Waals surface area contributed by atoms with Crippen LogP contribution in [-0.4, -0.2) is 123 Å². The van der Waals surface area contributed by atoms with E-state index in [0.29, 0.717) is 0 Å². The summed E-state index contributed by atoms with van der Waals surface area (Å²) in [5.41, 5.74) is -2.09. The third-order valence-corrected chi connectivity index (χ3v) is 5.16. The lowest BCUT2D eigenvalue weighted by atomic mass is 9.96. The Labute approximate surface area is 148 Å². The third-order valence-electron chi connectivity index (χ3n) is 5.16. The minimum atomic E-state index is -2.09. The van der Waals surface area contributed by atoms with Crippen LogP contribution >= 0.6 is 0 Å². The van der Waals surface area contributed by atoms with Crippen molar-refractivity contribution in [3.05, 3.63) is 0 Å². The fraction of sp³-hybridized carbons (Fsp3) is 0.929. The van der Waals surface area contributed by atoms with E-state index < -0.39 is 73.8 Å². The summed E-state index contributed by atoms with van der Waals surface area (Å²) in [7, 11) is 1.27. The second-order valence-corrected chi connectivity index (χ2v) is 6.66. The van der Waals surface area contributed by atoms with Crippen molar-refractivity contribution in [3.8, 4) is 0 Å². The average Bonchev–Trinajstić information content (AvgIpc) is 3.14. The molecular weight excluding hydrogens is 356 g/mol. The monoisotopic (exact) mass is 380 g/mol. The van der Waals surface area contributed by atoms with E-state index in [1.54, 1.807) is 0 Å². The van der Waals surface area contributed by atoms with Crippen LogP contribution < -0.4 is 5.32 Å². The van der Waals surface area contributed by atoms with Crippen molar-refractivity contribution >= 4 is 6.02 Å². The van der Waals surface area contributed by atoms with E-state index in [2.05, 4.69) is 10.3 Å². The number of amidine groups is 1. The zero-order chi connectivity index (χ0) is 19.2. The molecule has 1 saturated carbocycles. The number of aliphatic imine (C=N–C) groups is 1. The summed E-state index contributed by atoms with van der Waals surface area (Å²) in [6.45, 7) is -1.36. The first-order valence-corrected chi connectivity index (χ1v) is 8.14. The van der Waals surface area contributed by atoms with Gasteiger partial charge in [-0.15, -0.1) is 0 Å². The smallest absolute Gasteiger partial charge is 0.285 e. The van der Waals surface area contributed by atoms with E-state index >= 15 is 0 Å². The standard InChI is InChI=1S/C14H24N2O10/c1-24-12-7(20)6(19)5(4(2-17)25-12)15-13-16-10-9(26-13)8(21)11(22)14(10,23)3-18/h4-12,17-23H,2-3H2,1H3,(H,15,16)/t4-,5-,6+,7-,8-,9-,10-,11+,12+,14+/m1/s1. The van der Waals surface area contributed by atoms with Crippen LogP contribution in [0.3, 0.4) is 0 Å². The van der Waals surface area contributed by atoms with Gasteiger partial charge in [0.15, 0.2) is 12.4 Å². The lowest BCUT2D eigenvalue weighted by Gasteiger charge is -2.41. The third kappa shape index (κ3) is 2.87. The highest BCUT2D eigenvalue weighted by molar-refractivity contribution is 5.77. The van der Waals surface area contributed by atoms with Gasteiger partial charge in [0.25, 0.3) is 6.02 Å². The minimum Gasteiger partial charge on any atom is -0.457 e. The summed E-state index contributed by atoms with van der Waals surface area (Å²) in [4.78, 5) is 4.03. The van der Waals surface area contributed by atoms with Crippen molar-refractivity contribution in [1.29, 1.82) is 0 Å². The van der Waals surface area contributed by atoms with Gasteiger partial charge in [-0.3, -0.25) is 0 Å². The number of fused-ring (bicyclic) bond motifs is 1. The number of nitrogens with zero attached hydrogens (tertiary/aromatic N) is 1. The van der Waals surface area contributed by atoms with Gasteiger partial charge in [-0.25, -0.2) is 4.99 Å². The molecule has 0 unspecified atom stereocenters. The number of aliphatic hydroxyl groups is 7. The molecule has 3 aliphatic rings. The Morgan fingerprint density at radius 2 is 1.85 bits per heavy atom. The maximum atomic E-state index is 10.3. The Morgan fingerprint density at radius 3 is 2.42 bits per heavy atom. The Balaban J connectivity index is 1.77. The molecule has 0 bridgehead atoms. The second kappa shape index (κ2) is 7.14. The molecule has 8 N–H and O–H groups in total. The van der Waals surface area contributed by atoms with Crippen molar-refractivity contribution in [1.82, 2.24) is 5.32 Å². The SMILES string of the molecule is CO[C@H]1O[C@H](CO)[C@@H](NC2=N[C@@H]3[C@H](O2)[C@@H](O)[C@H](O)[C@]3(O)CO)[C@H](O)[C@H]1O. The zero-order valence-corrected chi connectivity index (χ0v) is 13.9. The predicted octanol–water partition coefficient (Wildman–Crippen LogP) is -5.39. The molecule has 2 fully saturated rings. The molecule has 0 aromatic rings. The molecule has 12 nitrogen and oxygen atoms in total. The Morgan fingerprint density at radius 1 is 1.15 bits per heavy atom. The van der Waals surface area contributed by atoms with E-state index in [1.165, 1.54) is 7.11 Å². The van der Waals surface area contributed by atoms with Crippen molar-refractivity contribution in [3.63, 3.8) is 0 Å². The van der Waals surface area contributed by atoms with Crippen LogP contribution in [0.1, 0.15) is 0 Å². The van der Waals surface area contributed by atoms with Crippen LogP contribution in [0.25, 0.3) is 0 Å². The molecule has 150 valence electrons. The lowest BCUT2D eigenvalue weighted by molar-refractivity contribution is -0.270. The van der Waals surface area contributed by atoms with Gasteiger partial charge in [0, 0.05) is 7.11 Å². The summed E-state index contributed by atoms with van der Waals surface area (Å²) in [5.74, 6) is 0. The average molecular weight is 380 g/mol. The molecule has 1 aliphatic carbocycles. The molecule has 26 heavy (non-hydrogen) atoms. The van der Waals surface area contributed by atoms with E-state index in [9.17, 15) is 35.7 Å². The van der Waals surface area contributed by atoms with Gasteiger partial charge in [-0.2, -0.15) is 0 Å². The van der Waals surface area contributed by atoms with E-state index in [4.69, 9.17) is 14.2 Å². The summed E-state index contributed by atoms with van der Waals surface area (Å²) < 4.78 is 15.6. The highest BCUT2D eigenvalue weighted by Crippen LogP contribution is 2.38. The topological polar surface area (TPSA) is 194 Å². The molecule has 2 aliphatic heterocycles. The predicted molar refractivity (Wildman–Crippen MR) is 81.8 cm³/mol. The molecule has 0 aromatic carbocycles. The van der Waals surface area contributed by atoms with Crippen molar-refractivity contribution < 1.29 is 50.0 Å². The van der Waals surface area contributed by atoms with Gasteiger partial charge in [-0.05, 0) is 0 Å². The molecule has 2 heterocycles. The minimum absolute atomic E-state index is 0.202. The van der Waals surface area contributed by atoms with Crippen molar-refractivity contribution in [2.45, 2.75) is 60.6 Å². The highest BCUT2D eigenvalue weighted by Gasteiger charge is 2.63. The second-order valence-electron chi connectivity index (χ2n) is 6.66. The number of hydrogen-bond donors (Lipinski definition) is 8. The number of hydrogen-bond acceptors (Lipinski definition) is 12. The van der Waals surface area contributed by atoms with Crippen LogP contribution in [0.15, 0.2) is 4.99 Å². The molecular formula is C14H24N2O10. The maximum absolute atomic E-state index is 10.3. The number of methoxy groups -OCH3 is 1. The molecule has 10 atom stereocenters. The Hall–Kier alpha value is -1.09. The van der Waals surface area contributed by atoms with Gasteiger partial charge >= 0.3 is 0 Å². The van der Waals surface area contributed by atoms with E-state index in [-0.39, 0.29) is 6.02 Å². The van der Waals surface area contributed by atoms with Crippen LogP contribution in [0.5, 0.6) is 0 Å². The first-order chi connectivity index (χ1) is 12.3. The summed E-state index contributed by atoms with van der Waals surface area (Å²) in [6.07, 6.45) is -9.19. The molecule has 0 amide bonds. The van der Waals surface area contributed by atoms with Gasteiger partial charge < -0.3 is 55.3 Å². The van der Waals surface area contributed by atoms with E-state index in [1.807, 2.05) is 0 Å². The van der Waals surface area contributed by atoms with E-state index in [0.717, 1.165) is 0 Å². The number of nitrogens with one attached hydrogen (secondary N) is 1. The van der Waals surface area contributed by atoms with Crippen LogP contribution in [0.4, 0.5) is 0 Å². The molecule has 3 rings (SSSR count). The summed E-state index contributed by atoms with van der Waals surface area (Å²) >= 11 is 0. The highest BCUT2D eigenvalue weighted by atomic mass is 16.7. The van der Waals surface area contributed by atoms with Gasteiger partial charge in [0.2, 0.25) is 0 Å². The molecule has 0 radical (unpaired) electrons. The molecule has 1 saturated heterocycles. The number of aliphatic hydroxyl groups excluding tert-OH is 6.